The molecule has 0 amide bonds. The first kappa shape index (κ1) is 15.9. The number of piperidine rings is 1. The van der Waals surface area contributed by atoms with E-state index in [2.05, 4.69) is 25.6 Å². The van der Waals surface area contributed by atoms with E-state index in [1.165, 1.54) is 19.3 Å². The van der Waals surface area contributed by atoms with Crippen LogP contribution in [-0.2, 0) is 10.0 Å². The molecule has 1 N–H and O–H groups in total. The average molecular weight is 361 g/mol. The molecule has 0 aromatic heterocycles. The summed E-state index contributed by atoms with van der Waals surface area (Å²) >= 11 is 3.30. The van der Waals surface area contributed by atoms with Gasteiger partial charge in [-0.05, 0) is 63.2 Å². The summed E-state index contributed by atoms with van der Waals surface area (Å²) in [4.78, 5) is 2.73. The molecular formula is C14H21BrN2O2S. The number of rotatable bonds is 6. The van der Waals surface area contributed by atoms with Crippen molar-refractivity contribution >= 4 is 26.0 Å². The van der Waals surface area contributed by atoms with Crippen LogP contribution in [0.25, 0.3) is 0 Å². The highest BCUT2D eigenvalue weighted by molar-refractivity contribution is 9.10. The number of halogens is 1. The Morgan fingerprint density at radius 1 is 1.10 bits per heavy atom. The summed E-state index contributed by atoms with van der Waals surface area (Å²) in [6, 6.07) is 6.69. The van der Waals surface area contributed by atoms with Crippen LogP contribution in [0.4, 0.5) is 0 Å². The van der Waals surface area contributed by atoms with E-state index in [1.807, 2.05) is 0 Å². The Hall–Kier alpha value is -0.430. The molecule has 4 nitrogen and oxygen atoms in total. The normalized spacial score (nSPS) is 17.2. The monoisotopic (exact) mass is 360 g/mol. The van der Waals surface area contributed by atoms with E-state index in [9.17, 15) is 8.42 Å². The first-order valence-electron chi connectivity index (χ1n) is 7.05. The third-order valence-corrected chi connectivity index (χ3v) is 5.52. The van der Waals surface area contributed by atoms with Crippen molar-refractivity contribution < 1.29 is 8.42 Å². The van der Waals surface area contributed by atoms with Crippen LogP contribution in [0.1, 0.15) is 25.7 Å². The third-order valence-electron chi connectivity index (χ3n) is 3.52. The Balaban J connectivity index is 1.76. The standard InChI is InChI=1S/C14H21BrN2O2S/c15-13-5-7-14(8-6-13)20(18,19)16-9-4-12-17-10-2-1-3-11-17/h5-8,16H,1-4,9-12H2. The molecule has 1 aromatic rings. The SMILES string of the molecule is O=S(=O)(NCCCN1CCCCC1)c1ccc(Br)cc1. The molecule has 2 rings (SSSR count). The van der Waals surface area contributed by atoms with Gasteiger partial charge in [0, 0.05) is 11.0 Å². The molecule has 1 aliphatic heterocycles. The number of likely N-dealkylation sites (tertiary alicyclic amines) is 1. The van der Waals surface area contributed by atoms with Crippen molar-refractivity contribution in [2.45, 2.75) is 30.6 Å². The maximum atomic E-state index is 12.1. The van der Waals surface area contributed by atoms with Crippen molar-refractivity contribution in [3.63, 3.8) is 0 Å². The lowest BCUT2D eigenvalue weighted by atomic mass is 10.1. The van der Waals surface area contributed by atoms with Gasteiger partial charge in [-0.3, -0.25) is 0 Å². The predicted molar refractivity (Wildman–Crippen MR) is 84.2 cm³/mol. The summed E-state index contributed by atoms with van der Waals surface area (Å²) in [5, 5.41) is 0. The van der Waals surface area contributed by atoms with Gasteiger partial charge in [0.05, 0.1) is 4.90 Å². The van der Waals surface area contributed by atoms with E-state index < -0.39 is 10.0 Å². The number of nitrogens with zero attached hydrogens (tertiary/aromatic N) is 1. The zero-order chi connectivity index (χ0) is 14.4. The van der Waals surface area contributed by atoms with Crippen LogP contribution >= 0.6 is 15.9 Å². The van der Waals surface area contributed by atoms with Gasteiger partial charge in [-0.2, -0.15) is 0 Å². The van der Waals surface area contributed by atoms with Crippen molar-refractivity contribution in [3.05, 3.63) is 28.7 Å². The number of benzene rings is 1. The van der Waals surface area contributed by atoms with E-state index in [-0.39, 0.29) is 0 Å². The summed E-state index contributed by atoms with van der Waals surface area (Å²) in [6.07, 6.45) is 4.72. The minimum atomic E-state index is -3.37. The summed E-state index contributed by atoms with van der Waals surface area (Å²) in [6.45, 7) is 3.77. The van der Waals surface area contributed by atoms with Crippen molar-refractivity contribution in [1.82, 2.24) is 9.62 Å². The number of nitrogens with one attached hydrogen (secondary N) is 1. The van der Waals surface area contributed by atoms with Gasteiger partial charge in [0.15, 0.2) is 0 Å². The Kier molecular flexibility index (Phi) is 6.01. The molecule has 0 radical (unpaired) electrons. The molecule has 20 heavy (non-hydrogen) atoms. The summed E-state index contributed by atoms with van der Waals surface area (Å²) in [5.41, 5.74) is 0. The Morgan fingerprint density at radius 2 is 1.75 bits per heavy atom. The van der Waals surface area contributed by atoms with E-state index in [0.717, 1.165) is 30.5 Å². The average Bonchev–Trinajstić information content (AvgIpc) is 2.45. The zero-order valence-corrected chi connectivity index (χ0v) is 13.9. The van der Waals surface area contributed by atoms with Gasteiger partial charge in [0.1, 0.15) is 0 Å². The van der Waals surface area contributed by atoms with E-state index in [4.69, 9.17) is 0 Å². The fraction of sp³-hybridized carbons (Fsp3) is 0.571. The van der Waals surface area contributed by atoms with E-state index >= 15 is 0 Å². The molecule has 1 saturated heterocycles. The van der Waals surface area contributed by atoms with Crippen LogP contribution in [0.2, 0.25) is 0 Å². The minimum Gasteiger partial charge on any atom is -0.303 e. The van der Waals surface area contributed by atoms with E-state index in [0.29, 0.717) is 11.4 Å². The summed E-state index contributed by atoms with van der Waals surface area (Å²) in [7, 11) is -3.37. The molecule has 1 heterocycles. The predicted octanol–water partition coefficient (Wildman–Crippen LogP) is 2.60. The molecule has 6 heteroatoms. The lowest BCUT2D eigenvalue weighted by Crippen LogP contribution is -2.33. The van der Waals surface area contributed by atoms with Gasteiger partial charge in [-0.1, -0.05) is 22.4 Å². The smallest absolute Gasteiger partial charge is 0.240 e. The fourth-order valence-corrected chi connectivity index (χ4v) is 3.73. The van der Waals surface area contributed by atoms with Gasteiger partial charge in [-0.25, -0.2) is 13.1 Å². The summed E-state index contributed by atoms with van der Waals surface area (Å²) in [5.74, 6) is 0. The molecular weight excluding hydrogens is 340 g/mol. The lowest BCUT2D eigenvalue weighted by Gasteiger charge is -2.26. The molecule has 1 fully saturated rings. The lowest BCUT2D eigenvalue weighted by molar-refractivity contribution is 0.227. The highest BCUT2D eigenvalue weighted by Gasteiger charge is 2.14. The number of sulfonamides is 1. The Morgan fingerprint density at radius 3 is 2.40 bits per heavy atom. The Bertz CT molecular complexity index is 510. The van der Waals surface area contributed by atoms with Crippen molar-refractivity contribution in [3.8, 4) is 0 Å². The molecule has 0 bridgehead atoms. The largest absolute Gasteiger partial charge is 0.303 e. The van der Waals surface area contributed by atoms with Crippen LogP contribution in [-0.4, -0.2) is 39.5 Å². The van der Waals surface area contributed by atoms with Gasteiger partial charge >= 0.3 is 0 Å². The number of hydrogen-bond acceptors (Lipinski definition) is 3. The van der Waals surface area contributed by atoms with Crippen molar-refractivity contribution in [1.29, 1.82) is 0 Å². The van der Waals surface area contributed by atoms with Crippen LogP contribution in [0.5, 0.6) is 0 Å². The van der Waals surface area contributed by atoms with Crippen LogP contribution in [0.15, 0.2) is 33.6 Å². The van der Waals surface area contributed by atoms with Crippen LogP contribution in [0.3, 0.4) is 0 Å². The molecule has 112 valence electrons. The summed E-state index contributed by atoms with van der Waals surface area (Å²) < 4.78 is 27.7. The highest BCUT2D eigenvalue weighted by atomic mass is 79.9. The quantitative estimate of drug-likeness (QED) is 0.793. The van der Waals surface area contributed by atoms with Crippen LogP contribution in [0, 0.1) is 0 Å². The third kappa shape index (κ3) is 4.84. The second-order valence-corrected chi connectivity index (χ2v) is 7.79. The first-order chi connectivity index (χ1) is 9.58. The van der Waals surface area contributed by atoms with Crippen LogP contribution < -0.4 is 4.72 Å². The fourth-order valence-electron chi connectivity index (χ4n) is 2.39. The molecule has 1 aliphatic rings. The van der Waals surface area contributed by atoms with Crippen molar-refractivity contribution in [2.24, 2.45) is 0 Å². The second-order valence-electron chi connectivity index (χ2n) is 5.11. The van der Waals surface area contributed by atoms with Crippen molar-refractivity contribution in [2.75, 3.05) is 26.2 Å². The maximum Gasteiger partial charge on any atom is 0.240 e. The highest BCUT2D eigenvalue weighted by Crippen LogP contribution is 2.14. The van der Waals surface area contributed by atoms with Gasteiger partial charge in [0.2, 0.25) is 10.0 Å². The minimum absolute atomic E-state index is 0.318. The first-order valence-corrected chi connectivity index (χ1v) is 9.33. The van der Waals surface area contributed by atoms with Gasteiger partial charge < -0.3 is 4.90 Å². The molecule has 0 spiro atoms. The van der Waals surface area contributed by atoms with Gasteiger partial charge in [-0.15, -0.1) is 0 Å². The second kappa shape index (κ2) is 7.54. The molecule has 0 atom stereocenters. The van der Waals surface area contributed by atoms with Gasteiger partial charge in [0.25, 0.3) is 0 Å². The molecule has 1 aromatic carbocycles. The Labute approximate surface area is 129 Å². The zero-order valence-electron chi connectivity index (χ0n) is 11.5. The number of hydrogen-bond donors (Lipinski definition) is 1. The molecule has 0 unspecified atom stereocenters. The topological polar surface area (TPSA) is 49.4 Å². The molecule has 0 saturated carbocycles. The maximum absolute atomic E-state index is 12.1. The van der Waals surface area contributed by atoms with E-state index in [1.54, 1.807) is 24.3 Å². The molecule has 0 aliphatic carbocycles.